The predicted octanol–water partition coefficient (Wildman–Crippen LogP) is 5.21. The van der Waals surface area contributed by atoms with Crippen molar-refractivity contribution in [2.24, 2.45) is 0 Å². The summed E-state index contributed by atoms with van der Waals surface area (Å²) in [5.74, 6) is -0.0444. The van der Waals surface area contributed by atoms with Crippen LogP contribution in [-0.2, 0) is 4.79 Å². The van der Waals surface area contributed by atoms with Gasteiger partial charge in [0.1, 0.15) is 11.3 Å². The van der Waals surface area contributed by atoms with E-state index in [0.717, 1.165) is 29.2 Å². The molecule has 0 spiro atoms. The number of carbonyl (C=O) groups is 1. The first-order chi connectivity index (χ1) is 14.0. The molecule has 0 fully saturated rings. The first kappa shape index (κ1) is 21.7. The molecule has 29 heavy (non-hydrogen) atoms. The maximum atomic E-state index is 14.1. The zero-order valence-corrected chi connectivity index (χ0v) is 18.7. The van der Waals surface area contributed by atoms with Crippen molar-refractivity contribution in [3.05, 3.63) is 53.8 Å². The molecule has 1 heterocycles. The smallest absolute Gasteiger partial charge is 0.239 e. The number of thiazole rings is 1. The van der Waals surface area contributed by atoms with Gasteiger partial charge in [0.25, 0.3) is 0 Å². The van der Waals surface area contributed by atoms with Crippen molar-refractivity contribution in [2.45, 2.75) is 25.7 Å². The standard InChI is InChI=1S/C22H26FN3OS2/c1-4-25(5-2)13-14-26(20(27)15-28-17-11-9-16(3)10-12-17)22-24-21-18(23)7-6-8-19(21)29-22/h6-12H,4-5,13-15H2,1-3H3. The lowest BCUT2D eigenvalue weighted by Gasteiger charge is -2.24. The van der Waals surface area contributed by atoms with E-state index in [2.05, 4.69) is 23.7 Å². The molecule has 3 rings (SSSR count). The number of aromatic nitrogens is 1. The van der Waals surface area contributed by atoms with Gasteiger partial charge >= 0.3 is 0 Å². The number of amides is 1. The van der Waals surface area contributed by atoms with Gasteiger partial charge in [0.05, 0.1) is 10.5 Å². The van der Waals surface area contributed by atoms with Gasteiger partial charge in [0.15, 0.2) is 5.13 Å². The van der Waals surface area contributed by atoms with Crippen LogP contribution >= 0.6 is 23.1 Å². The number of carbonyl (C=O) groups excluding carboxylic acids is 1. The molecule has 0 aliphatic heterocycles. The van der Waals surface area contributed by atoms with Crippen molar-refractivity contribution in [2.75, 3.05) is 36.8 Å². The lowest BCUT2D eigenvalue weighted by Crippen LogP contribution is -2.39. The highest BCUT2D eigenvalue weighted by molar-refractivity contribution is 8.00. The number of rotatable bonds is 9. The SMILES string of the molecule is CCN(CC)CCN(C(=O)CSc1ccc(C)cc1)c1nc2c(F)cccc2s1. The summed E-state index contributed by atoms with van der Waals surface area (Å²) in [4.78, 5) is 22.6. The molecule has 2 aromatic carbocycles. The van der Waals surface area contributed by atoms with E-state index in [0.29, 0.717) is 22.9 Å². The molecule has 0 unspecified atom stereocenters. The number of hydrogen-bond acceptors (Lipinski definition) is 5. The summed E-state index contributed by atoms with van der Waals surface area (Å²) in [6.45, 7) is 9.39. The third-order valence-electron chi connectivity index (χ3n) is 4.81. The molecular formula is C22H26FN3OS2. The fourth-order valence-corrected chi connectivity index (χ4v) is 4.78. The molecule has 1 aromatic heterocycles. The molecule has 0 aliphatic rings. The summed E-state index contributed by atoms with van der Waals surface area (Å²) in [6, 6.07) is 13.1. The number of likely N-dealkylation sites (N-methyl/N-ethyl adjacent to an activating group) is 1. The van der Waals surface area contributed by atoms with Gasteiger partial charge in [-0.05, 0) is 44.3 Å². The molecule has 0 bridgehead atoms. The highest BCUT2D eigenvalue weighted by atomic mass is 32.2. The van der Waals surface area contributed by atoms with E-state index in [-0.39, 0.29) is 11.7 Å². The lowest BCUT2D eigenvalue weighted by molar-refractivity contribution is -0.116. The van der Waals surface area contributed by atoms with E-state index in [1.165, 1.54) is 34.7 Å². The van der Waals surface area contributed by atoms with Crippen molar-refractivity contribution in [3.8, 4) is 0 Å². The van der Waals surface area contributed by atoms with Crippen molar-refractivity contribution in [1.29, 1.82) is 0 Å². The van der Waals surface area contributed by atoms with Crippen LogP contribution in [0.5, 0.6) is 0 Å². The second kappa shape index (κ2) is 10.2. The molecule has 0 aliphatic carbocycles. The topological polar surface area (TPSA) is 36.4 Å². The van der Waals surface area contributed by atoms with Crippen LogP contribution in [0.4, 0.5) is 9.52 Å². The molecule has 154 valence electrons. The Morgan fingerprint density at radius 2 is 1.83 bits per heavy atom. The number of thioether (sulfide) groups is 1. The monoisotopic (exact) mass is 431 g/mol. The summed E-state index contributed by atoms with van der Waals surface area (Å²) >= 11 is 2.88. The van der Waals surface area contributed by atoms with Gasteiger partial charge < -0.3 is 4.90 Å². The van der Waals surface area contributed by atoms with Gasteiger partial charge in [-0.3, -0.25) is 9.69 Å². The Morgan fingerprint density at radius 3 is 2.48 bits per heavy atom. The number of benzene rings is 2. The first-order valence-electron chi connectivity index (χ1n) is 9.79. The van der Waals surface area contributed by atoms with Gasteiger partial charge in [-0.25, -0.2) is 9.37 Å². The number of fused-ring (bicyclic) bond motifs is 1. The van der Waals surface area contributed by atoms with Crippen LogP contribution in [0.15, 0.2) is 47.4 Å². The van der Waals surface area contributed by atoms with Gasteiger partial charge in [-0.1, -0.05) is 48.9 Å². The van der Waals surface area contributed by atoms with E-state index in [1.54, 1.807) is 11.0 Å². The average Bonchev–Trinajstić information content (AvgIpc) is 3.16. The van der Waals surface area contributed by atoms with Crippen LogP contribution in [0.3, 0.4) is 0 Å². The minimum atomic E-state index is -0.352. The summed E-state index contributed by atoms with van der Waals surface area (Å²) in [5, 5.41) is 0.562. The Bertz CT molecular complexity index is 954. The molecule has 4 nitrogen and oxygen atoms in total. The minimum absolute atomic E-state index is 0.0119. The normalized spacial score (nSPS) is 11.3. The zero-order chi connectivity index (χ0) is 20.8. The largest absolute Gasteiger partial charge is 0.302 e. The van der Waals surface area contributed by atoms with Crippen LogP contribution in [0.25, 0.3) is 10.2 Å². The Morgan fingerprint density at radius 1 is 1.10 bits per heavy atom. The Labute approximate surface area is 179 Å². The van der Waals surface area contributed by atoms with Gasteiger partial charge in [-0.2, -0.15) is 0 Å². The fourth-order valence-electron chi connectivity index (χ4n) is 2.98. The highest BCUT2D eigenvalue weighted by Gasteiger charge is 2.21. The molecule has 0 radical (unpaired) electrons. The number of anilines is 1. The number of nitrogens with zero attached hydrogens (tertiary/aromatic N) is 3. The maximum Gasteiger partial charge on any atom is 0.239 e. The fraction of sp³-hybridized carbons (Fsp3) is 0.364. The van der Waals surface area contributed by atoms with Crippen molar-refractivity contribution in [3.63, 3.8) is 0 Å². The van der Waals surface area contributed by atoms with Gasteiger partial charge in [-0.15, -0.1) is 11.8 Å². The molecule has 3 aromatic rings. The molecule has 0 saturated heterocycles. The summed E-state index contributed by atoms with van der Waals surface area (Å²) in [7, 11) is 0. The van der Waals surface area contributed by atoms with Crippen molar-refractivity contribution >= 4 is 44.4 Å². The second-order valence-corrected chi connectivity index (χ2v) is 8.81. The van der Waals surface area contributed by atoms with Crippen molar-refractivity contribution < 1.29 is 9.18 Å². The van der Waals surface area contributed by atoms with Crippen molar-refractivity contribution in [1.82, 2.24) is 9.88 Å². The summed E-state index contributed by atoms with van der Waals surface area (Å²) < 4.78 is 14.9. The number of halogens is 1. The van der Waals surface area contributed by atoms with Crippen LogP contribution in [0, 0.1) is 12.7 Å². The van der Waals surface area contributed by atoms with Gasteiger partial charge in [0, 0.05) is 18.0 Å². The van der Waals surface area contributed by atoms with Gasteiger partial charge in [0.2, 0.25) is 5.91 Å². The predicted molar refractivity (Wildman–Crippen MR) is 122 cm³/mol. The van der Waals surface area contributed by atoms with Crippen LogP contribution in [0.1, 0.15) is 19.4 Å². The molecule has 7 heteroatoms. The average molecular weight is 432 g/mol. The molecule has 0 N–H and O–H groups in total. The maximum absolute atomic E-state index is 14.1. The van der Waals surface area contributed by atoms with E-state index in [4.69, 9.17) is 0 Å². The third-order valence-corrected chi connectivity index (χ3v) is 6.85. The van der Waals surface area contributed by atoms with Crippen LogP contribution in [0.2, 0.25) is 0 Å². The number of aryl methyl sites for hydroxylation is 1. The quantitative estimate of drug-likeness (QED) is 0.436. The number of para-hydroxylation sites is 1. The third kappa shape index (κ3) is 5.56. The zero-order valence-electron chi connectivity index (χ0n) is 17.0. The van der Waals surface area contributed by atoms with Crippen LogP contribution in [-0.4, -0.2) is 47.7 Å². The minimum Gasteiger partial charge on any atom is -0.302 e. The second-order valence-electron chi connectivity index (χ2n) is 6.76. The Kier molecular flexibility index (Phi) is 7.64. The van der Waals surface area contributed by atoms with E-state index in [9.17, 15) is 9.18 Å². The lowest BCUT2D eigenvalue weighted by atomic mass is 10.2. The van der Waals surface area contributed by atoms with E-state index >= 15 is 0 Å². The number of hydrogen-bond donors (Lipinski definition) is 0. The Hall–Kier alpha value is -1.96. The molecule has 0 saturated carbocycles. The summed E-state index contributed by atoms with van der Waals surface area (Å²) in [5.41, 5.74) is 1.53. The first-order valence-corrected chi connectivity index (χ1v) is 11.6. The van der Waals surface area contributed by atoms with E-state index < -0.39 is 0 Å². The highest BCUT2D eigenvalue weighted by Crippen LogP contribution is 2.31. The molecule has 1 amide bonds. The summed E-state index contributed by atoms with van der Waals surface area (Å²) in [6.07, 6.45) is 0. The molecular weight excluding hydrogens is 405 g/mol. The Balaban J connectivity index is 1.79. The van der Waals surface area contributed by atoms with Crippen LogP contribution < -0.4 is 4.90 Å². The molecule has 0 atom stereocenters. The van der Waals surface area contributed by atoms with E-state index in [1.807, 2.05) is 37.3 Å².